The molecule has 0 unspecified atom stereocenters. The van der Waals surface area contributed by atoms with Crippen LogP contribution in [0.2, 0.25) is 0 Å². The van der Waals surface area contributed by atoms with Crippen molar-refractivity contribution in [1.82, 2.24) is 0 Å². The summed E-state index contributed by atoms with van der Waals surface area (Å²) < 4.78 is 0. The van der Waals surface area contributed by atoms with E-state index in [0.29, 0.717) is 0 Å². The number of carboxylic acid groups (broad SMARTS) is 1. The van der Waals surface area contributed by atoms with Gasteiger partial charge in [-0.15, -0.1) is 0 Å². The Labute approximate surface area is 79.2 Å². The van der Waals surface area contributed by atoms with Crippen LogP contribution in [0.25, 0.3) is 0 Å². The molecule has 0 aliphatic heterocycles. The normalized spacial score (nSPS) is 2.40. The summed E-state index contributed by atoms with van der Waals surface area (Å²) >= 11 is 0. The minimum atomic E-state index is -0.500. The van der Waals surface area contributed by atoms with Gasteiger partial charge >= 0.3 is 22.4 Å². The van der Waals surface area contributed by atoms with Gasteiger partial charge in [-0.1, -0.05) is 0 Å². The molecule has 0 amide bonds. The maximum absolute atomic E-state index is 8.25. The van der Waals surface area contributed by atoms with Gasteiger partial charge in [0.05, 0.1) is 0 Å². The molecular formula is CHAgCeO2. The SMILES string of the molecule is O=C[O-].[Ag+].[Ce]. The Morgan fingerprint density at radius 1 is 1.60 bits per heavy atom. The first-order valence-corrected chi connectivity index (χ1v) is 0.471. The first-order valence-electron chi connectivity index (χ1n) is 0.471. The second-order valence-electron chi connectivity index (χ2n) is 0.0962. The van der Waals surface area contributed by atoms with Gasteiger partial charge in [0.25, 0.3) is 0 Å². The zero-order valence-corrected chi connectivity index (χ0v) is 6.82. The molecule has 0 saturated carbocycles. The van der Waals surface area contributed by atoms with E-state index >= 15 is 0 Å². The fraction of sp³-hybridized carbons (Fsp3) is 0. The minimum Gasteiger partial charge on any atom is -0.554 e. The Balaban J connectivity index is -0.0000000200. The van der Waals surface area contributed by atoms with Crippen LogP contribution in [-0.2, 0) is 27.2 Å². The Hall–Kier alpha value is 1.59. The molecule has 4 heteroatoms. The van der Waals surface area contributed by atoms with Crippen molar-refractivity contribution in [2.24, 2.45) is 0 Å². The van der Waals surface area contributed by atoms with Crippen LogP contribution in [0.4, 0.5) is 0 Å². The molecule has 0 aromatic heterocycles. The molecule has 2 nitrogen and oxygen atoms in total. The van der Waals surface area contributed by atoms with E-state index in [2.05, 4.69) is 0 Å². The first-order chi connectivity index (χ1) is 1.41. The quantitative estimate of drug-likeness (QED) is 0.397. The van der Waals surface area contributed by atoms with Crippen molar-refractivity contribution in [1.29, 1.82) is 0 Å². The number of rotatable bonds is 0. The molecule has 5 heavy (non-hydrogen) atoms. The summed E-state index contributed by atoms with van der Waals surface area (Å²) in [5.74, 6) is 0. The van der Waals surface area contributed by atoms with Crippen LogP contribution < -0.4 is 5.11 Å². The Morgan fingerprint density at radius 2 is 1.60 bits per heavy atom. The zero-order chi connectivity index (χ0) is 2.71. The van der Waals surface area contributed by atoms with Crippen molar-refractivity contribution in [3.63, 3.8) is 0 Å². The van der Waals surface area contributed by atoms with Crippen LogP contribution in [0, 0.1) is 41.7 Å². The van der Waals surface area contributed by atoms with Gasteiger partial charge in [-0.2, -0.15) is 0 Å². The van der Waals surface area contributed by atoms with Crippen molar-refractivity contribution < 1.29 is 74.0 Å². The van der Waals surface area contributed by atoms with E-state index in [-0.39, 0.29) is 64.1 Å². The average molecular weight is 293 g/mol. The van der Waals surface area contributed by atoms with Crippen molar-refractivity contribution in [3.8, 4) is 0 Å². The molecule has 0 N–H and O–H groups in total. The summed E-state index contributed by atoms with van der Waals surface area (Å²) in [6.07, 6.45) is 0. The Kier molecular flexibility index (Phi) is 56.1. The Morgan fingerprint density at radius 3 is 1.60 bits per heavy atom. The molecule has 0 atom stereocenters. The van der Waals surface area contributed by atoms with Crippen LogP contribution in [-0.4, -0.2) is 6.47 Å². The number of hydrogen-bond donors (Lipinski definition) is 0. The fourth-order valence-corrected chi connectivity index (χ4v) is 0. The maximum atomic E-state index is 8.25. The smallest absolute Gasteiger partial charge is 0.554 e. The first kappa shape index (κ1) is 16.0. The summed E-state index contributed by atoms with van der Waals surface area (Å²) in [5, 5.41) is 8.25. The van der Waals surface area contributed by atoms with Crippen LogP contribution >= 0.6 is 0 Å². The van der Waals surface area contributed by atoms with E-state index in [1.807, 2.05) is 0 Å². The van der Waals surface area contributed by atoms with Gasteiger partial charge in [0.1, 0.15) is 0 Å². The molecule has 0 spiro atoms. The maximum Gasteiger partial charge on any atom is 1.00 e. The summed E-state index contributed by atoms with van der Waals surface area (Å²) in [6, 6.07) is 0. The summed E-state index contributed by atoms with van der Waals surface area (Å²) in [4.78, 5) is 8.25. The van der Waals surface area contributed by atoms with Crippen LogP contribution in [0.15, 0.2) is 0 Å². The third-order valence-corrected chi connectivity index (χ3v) is 0. The van der Waals surface area contributed by atoms with Crippen molar-refractivity contribution in [2.45, 2.75) is 0 Å². The number of carbonyl (C=O) groups is 1. The van der Waals surface area contributed by atoms with Gasteiger partial charge in [-0.05, 0) is 0 Å². The van der Waals surface area contributed by atoms with Gasteiger partial charge in [-0.3, -0.25) is 0 Å². The van der Waals surface area contributed by atoms with E-state index < -0.39 is 6.47 Å². The summed E-state index contributed by atoms with van der Waals surface area (Å²) in [6.45, 7) is -0.500. The molecule has 0 aliphatic carbocycles. The number of hydrogen-bond acceptors (Lipinski definition) is 2. The molecule has 0 saturated heterocycles. The van der Waals surface area contributed by atoms with Gasteiger partial charge in [0.2, 0.25) is 0 Å². The minimum absolute atomic E-state index is 0. The predicted octanol–water partition coefficient (Wildman–Crippen LogP) is -1.64. The zero-order valence-electron chi connectivity index (χ0n) is 2.20. The molecule has 0 aromatic rings. The van der Waals surface area contributed by atoms with E-state index in [1.54, 1.807) is 0 Å². The fourth-order valence-electron chi connectivity index (χ4n) is 0. The van der Waals surface area contributed by atoms with Crippen molar-refractivity contribution >= 4 is 6.47 Å². The van der Waals surface area contributed by atoms with Gasteiger partial charge in [0.15, 0.2) is 0 Å². The number of carbonyl (C=O) groups excluding carboxylic acids is 1. The third-order valence-electron chi connectivity index (χ3n) is 0. The van der Waals surface area contributed by atoms with Gasteiger partial charge in [-0.25, -0.2) is 0 Å². The molecule has 0 aromatic carbocycles. The standard InChI is InChI=1S/CH2O2.Ag.Ce/c2-1-3;;/h1H,(H,2,3);;/q;+1;/p-1. The molecule has 0 aliphatic rings. The second kappa shape index (κ2) is 17.6. The van der Waals surface area contributed by atoms with Crippen molar-refractivity contribution in [2.75, 3.05) is 0 Å². The van der Waals surface area contributed by atoms with E-state index in [4.69, 9.17) is 9.90 Å². The largest absolute Gasteiger partial charge is 1.00 e. The Bertz CT molecular complexity index is 17.1. The monoisotopic (exact) mass is 292 g/mol. The summed E-state index contributed by atoms with van der Waals surface area (Å²) in [5.41, 5.74) is 0. The van der Waals surface area contributed by atoms with E-state index in [0.717, 1.165) is 0 Å². The predicted molar refractivity (Wildman–Crippen MR) is 6.06 cm³/mol. The van der Waals surface area contributed by atoms with Gasteiger partial charge in [0, 0.05) is 48.2 Å². The third kappa shape index (κ3) is 28.5. The molecule has 0 rings (SSSR count). The van der Waals surface area contributed by atoms with E-state index in [1.165, 1.54) is 0 Å². The molecular weight excluding hydrogens is 292 g/mol. The molecule has 0 radical (unpaired) electrons. The van der Waals surface area contributed by atoms with Crippen LogP contribution in [0.5, 0.6) is 0 Å². The average Bonchev–Trinajstić information content (AvgIpc) is 0.918. The van der Waals surface area contributed by atoms with Gasteiger partial charge < -0.3 is 9.90 Å². The topological polar surface area (TPSA) is 40.1 Å². The second-order valence-corrected chi connectivity index (χ2v) is 0.0962. The summed E-state index contributed by atoms with van der Waals surface area (Å²) in [7, 11) is 0. The van der Waals surface area contributed by atoms with Crippen LogP contribution in [0.3, 0.4) is 0 Å². The van der Waals surface area contributed by atoms with Crippen molar-refractivity contribution in [3.05, 3.63) is 0 Å². The molecule has 0 heterocycles. The molecule has 0 bridgehead atoms. The van der Waals surface area contributed by atoms with Crippen LogP contribution in [0.1, 0.15) is 0 Å². The molecule has 32 valence electrons. The molecule has 0 fully saturated rings. The van der Waals surface area contributed by atoms with E-state index in [9.17, 15) is 0 Å².